The molecule has 3 rings (SSSR count). The molecule has 0 spiro atoms. The first-order valence-corrected chi connectivity index (χ1v) is 6.95. The molecule has 1 aromatic heterocycles. The van der Waals surface area contributed by atoms with E-state index in [1.807, 2.05) is 36.5 Å². The van der Waals surface area contributed by atoms with Gasteiger partial charge < -0.3 is 5.73 Å². The molecule has 0 aliphatic heterocycles. The molecule has 100 valence electrons. The minimum absolute atomic E-state index is 0.289. The van der Waals surface area contributed by atoms with Crippen LogP contribution in [0, 0.1) is 0 Å². The summed E-state index contributed by atoms with van der Waals surface area (Å²) in [5.41, 5.74) is 8.25. The van der Waals surface area contributed by atoms with E-state index in [1.165, 1.54) is 0 Å². The van der Waals surface area contributed by atoms with Crippen LogP contribution in [0.1, 0.15) is 17.2 Å². The highest BCUT2D eigenvalue weighted by molar-refractivity contribution is 6.42. The first kappa shape index (κ1) is 13.4. The normalized spacial score (nSPS) is 12.6. The molecule has 0 saturated carbocycles. The summed E-state index contributed by atoms with van der Waals surface area (Å²) in [6.07, 6.45) is 3.63. The molecule has 2 aromatic carbocycles. The van der Waals surface area contributed by atoms with Crippen molar-refractivity contribution in [3.8, 4) is 0 Å². The van der Waals surface area contributed by atoms with Crippen molar-refractivity contribution in [1.82, 2.24) is 4.98 Å². The quantitative estimate of drug-likeness (QED) is 0.752. The highest BCUT2D eigenvalue weighted by Crippen LogP contribution is 2.30. The molecule has 2 nitrogen and oxygen atoms in total. The topological polar surface area (TPSA) is 38.9 Å². The van der Waals surface area contributed by atoms with Crippen LogP contribution in [0.3, 0.4) is 0 Å². The summed E-state index contributed by atoms with van der Waals surface area (Å²) in [5, 5.41) is 3.20. The summed E-state index contributed by atoms with van der Waals surface area (Å²) in [5.74, 6) is 0. The van der Waals surface area contributed by atoms with E-state index in [-0.39, 0.29) is 6.04 Å². The van der Waals surface area contributed by atoms with Gasteiger partial charge in [0.05, 0.1) is 16.1 Å². The van der Waals surface area contributed by atoms with Crippen molar-refractivity contribution in [1.29, 1.82) is 0 Å². The number of pyridine rings is 1. The molecule has 0 aliphatic rings. The van der Waals surface area contributed by atoms with Crippen LogP contribution in [-0.2, 0) is 0 Å². The smallest absolute Gasteiger partial charge is 0.0595 e. The molecular formula is C16H12Cl2N2. The van der Waals surface area contributed by atoms with Gasteiger partial charge in [0.2, 0.25) is 0 Å². The summed E-state index contributed by atoms with van der Waals surface area (Å²) >= 11 is 12.0. The third kappa shape index (κ3) is 2.38. The second-order valence-corrected chi connectivity index (χ2v) is 5.42. The number of aromatic nitrogens is 1. The molecule has 20 heavy (non-hydrogen) atoms. The van der Waals surface area contributed by atoms with E-state index in [2.05, 4.69) is 4.98 Å². The van der Waals surface area contributed by atoms with Crippen LogP contribution in [0.4, 0.5) is 0 Å². The Balaban J connectivity index is 2.12. The number of nitrogens with two attached hydrogens (primary N) is 1. The Morgan fingerprint density at radius 3 is 2.55 bits per heavy atom. The zero-order chi connectivity index (χ0) is 14.1. The number of rotatable bonds is 2. The van der Waals surface area contributed by atoms with Crippen molar-refractivity contribution < 1.29 is 0 Å². The Bertz CT molecular complexity index is 766. The Labute approximate surface area is 127 Å². The molecule has 4 heteroatoms. The number of hydrogen-bond acceptors (Lipinski definition) is 2. The number of halogens is 2. The lowest BCUT2D eigenvalue weighted by Gasteiger charge is -2.15. The van der Waals surface area contributed by atoms with Crippen molar-refractivity contribution in [2.45, 2.75) is 6.04 Å². The van der Waals surface area contributed by atoms with E-state index in [1.54, 1.807) is 18.3 Å². The van der Waals surface area contributed by atoms with Crippen LogP contribution in [0.15, 0.2) is 54.9 Å². The molecule has 0 bridgehead atoms. The van der Waals surface area contributed by atoms with Crippen molar-refractivity contribution in [3.63, 3.8) is 0 Å². The van der Waals surface area contributed by atoms with Gasteiger partial charge in [-0.05, 0) is 28.6 Å². The van der Waals surface area contributed by atoms with Crippen LogP contribution >= 0.6 is 23.2 Å². The van der Waals surface area contributed by atoms with Gasteiger partial charge in [0.15, 0.2) is 0 Å². The van der Waals surface area contributed by atoms with E-state index in [9.17, 15) is 0 Å². The van der Waals surface area contributed by atoms with Gasteiger partial charge in [-0.25, -0.2) is 0 Å². The fourth-order valence-corrected chi connectivity index (χ4v) is 2.58. The van der Waals surface area contributed by atoms with E-state index < -0.39 is 0 Å². The predicted octanol–water partition coefficient (Wildman–Crippen LogP) is 4.59. The average Bonchev–Trinajstić information content (AvgIpc) is 2.49. The summed E-state index contributed by atoms with van der Waals surface area (Å²) in [4.78, 5) is 4.26. The van der Waals surface area contributed by atoms with E-state index in [0.29, 0.717) is 10.0 Å². The Kier molecular flexibility index (Phi) is 3.62. The maximum Gasteiger partial charge on any atom is 0.0595 e. The fourth-order valence-electron chi connectivity index (χ4n) is 2.27. The van der Waals surface area contributed by atoms with Crippen molar-refractivity contribution in [2.75, 3.05) is 0 Å². The third-order valence-corrected chi connectivity index (χ3v) is 4.08. The summed E-state index contributed by atoms with van der Waals surface area (Å²) < 4.78 is 0. The van der Waals surface area contributed by atoms with E-state index >= 15 is 0 Å². The minimum atomic E-state index is -0.289. The minimum Gasteiger partial charge on any atom is -0.320 e. The molecule has 1 heterocycles. The third-order valence-electron chi connectivity index (χ3n) is 3.34. The van der Waals surface area contributed by atoms with Gasteiger partial charge in [0.25, 0.3) is 0 Å². The molecule has 3 aromatic rings. The second-order valence-electron chi connectivity index (χ2n) is 4.60. The zero-order valence-electron chi connectivity index (χ0n) is 10.6. The van der Waals surface area contributed by atoms with Crippen LogP contribution in [0.2, 0.25) is 10.0 Å². The number of benzene rings is 2. The Morgan fingerprint density at radius 1 is 0.950 bits per heavy atom. The number of fused-ring (bicyclic) bond motifs is 1. The van der Waals surface area contributed by atoms with Crippen LogP contribution in [0.5, 0.6) is 0 Å². The molecule has 0 radical (unpaired) electrons. The van der Waals surface area contributed by atoms with Gasteiger partial charge in [0, 0.05) is 17.8 Å². The van der Waals surface area contributed by atoms with Gasteiger partial charge in [-0.2, -0.15) is 0 Å². The molecule has 2 N–H and O–H groups in total. The molecule has 0 amide bonds. The van der Waals surface area contributed by atoms with E-state index in [4.69, 9.17) is 28.9 Å². The predicted molar refractivity (Wildman–Crippen MR) is 84.2 cm³/mol. The van der Waals surface area contributed by atoms with Gasteiger partial charge in [-0.3, -0.25) is 4.98 Å². The lowest BCUT2D eigenvalue weighted by molar-refractivity contribution is 0.874. The summed E-state index contributed by atoms with van der Waals surface area (Å²) in [7, 11) is 0. The van der Waals surface area contributed by atoms with Gasteiger partial charge in [-0.15, -0.1) is 0 Å². The molecule has 0 saturated heterocycles. The number of hydrogen-bond donors (Lipinski definition) is 1. The molecule has 1 unspecified atom stereocenters. The highest BCUT2D eigenvalue weighted by Gasteiger charge is 2.13. The van der Waals surface area contributed by atoms with E-state index in [0.717, 1.165) is 21.9 Å². The summed E-state index contributed by atoms with van der Waals surface area (Å²) in [6.45, 7) is 0. The lowest BCUT2D eigenvalue weighted by atomic mass is 9.96. The fraction of sp³-hybridized carbons (Fsp3) is 0.0625. The highest BCUT2D eigenvalue weighted by atomic mass is 35.5. The maximum absolute atomic E-state index is 6.36. The maximum atomic E-state index is 6.36. The second kappa shape index (κ2) is 5.41. The monoisotopic (exact) mass is 302 g/mol. The Hall–Kier alpha value is -1.61. The molecule has 1 atom stereocenters. The first-order valence-electron chi connectivity index (χ1n) is 6.20. The van der Waals surface area contributed by atoms with Crippen LogP contribution in [-0.4, -0.2) is 4.98 Å². The van der Waals surface area contributed by atoms with Crippen LogP contribution < -0.4 is 5.73 Å². The van der Waals surface area contributed by atoms with Gasteiger partial charge >= 0.3 is 0 Å². The zero-order valence-corrected chi connectivity index (χ0v) is 12.1. The van der Waals surface area contributed by atoms with Crippen molar-refractivity contribution in [2.24, 2.45) is 5.73 Å². The molecule has 0 aliphatic carbocycles. The summed E-state index contributed by atoms with van der Waals surface area (Å²) in [6, 6.07) is 13.2. The van der Waals surface area contributed by atoms with Crippen molar-refractivity contribution in [3.05, 3.63) is 76.0 Å². The van der Waals surface area contributed by atoms with Gasteiger partial charge in [0.1, 0.15) is 0 Å². The van der Waals surface area contributed by atoms with Crippen molar-refractivity contribution >= 4 is 34.0 Å². The largest absolute Gasteiger partial charge is 0.320 e. The standard InChI is InChI=1S/C16H12Cl2N2/c17-14-6-5-10(7-15(14)18)16(19)13-9-20-8-11-3-1-2-4-12(11)13/h1-9,16H,19H2. The SMILES string of the molecule is NC(c1ccc(Cl)c(Cl)c1)c1cncc2ccccc12. The van der Waals surface area contributed by atoms with Crippen LogP contribution in [0.25, 0.3) is 10.8 Å². The number of nitrogens with zero attached hydrogens (tertiary/aromatic N) is 1. The molecule has 0 fully saturated rings. The average molecular weight is 303 g/mol. The lowest BCUT2D eigenvalue weighted by Crippen LogP contribution is -2.12. The molecular weight excluding hydrogens is 291 g/mol. The first-order chi connectivity index (χ1) is 9.66. The van der Waals surface area contributed by atoms with Gasteiger partial charge in [-0.1, -0.05) is 53.5 Å². The Morgan fingerprint density at radius 2 is 1.75 bits per heavy atom.